The average Bonchev–Trinajstić information content (AvgIpc) is 2.38. The molecule has 0 fully saturated rings. The van der Waals surface area contributed by atoms with E-state index in [4.69, 9.17) is 27.9 Å². The van der Waals surface area contributed by atoms with Crippen LogP contribution in [-0.4, -0.2) is 17.2 Å². The molecule has 2 aromatic rings. The Hall–Kier alpha value is -1.29. The van der Waals surface area contributed by atoms with Crippen LogP contribution < -0.4 is 4.74 Å². The highest BCUT2D eigenvalue weighted by Crippen LogP contribution is 2.36. The van der Waals surface area contributed by atoms with Crippen LogP contribution in [0, 0.1) is 0 Å². The van der Waals surface area contributed by atoms with Crippen molar-refractivity contribution in [2.24, 2.45) is 0 Å². The summed E-state index contributed by atoms with van der Waals surface area (Å²) < 4.78 is 5.16. The van der Waals surface area contributed by atoms with Crippen LogP contribution in [0.3, 0.4) is 0 Å². The van der Waals surface area contributed by atoms with Crippen molar-refractivity contribution in [2.45, 2.75) is 6.10 Å². The minimum absolute atomic E-state index is 0.384. The highest BCUT2D eigenvalue weighted by molar-refractivity contribution is 6.36. The first-order valence-electron chi connectivity index (χ1n) is 5.26. The Kier molecular flexibility index (Phi) is 4.07. The number of ether oxygens (including phenoxy) is 1. The standard InChI is InChI=1S/C13H11Cl2NO2/c1-18-10-6-3-7-16-12(10)13(17)11-8(14)4-2-5-9(11)15/h2-7,13,17H,1H3. The van der Waals surface area contributed by atoms with Crippen LogP contribution in [0.15, 0.2) is 36.5 Å². The van der Waals surface area contributed by atoms with E-state index in [9.17, 15) is 5.11 Å². The van der Waals surface area contributed by atoms with Crippen molar-refractivity contribution in [3.63, 3.8) is 0 Å². The summed E-state index contributed by atoms with van der Waals surface area (Å²) in [6.45, 7) is 0. The van der Waals surface area contributed by atoms with Gasteiger partial charge in [0.1, 0.15) is 17.5 Å². The summed E-state index contributed by atoms with van der Waals surface area (Å²) in [4.78, 5) is 4.12. The van der Waals surface area contributed by atoms with Crippen molar-refractivity contribution >= 4 is 23.2 Å². The zero-order valence-corrected chi connectivity index (χ0v) is 11.1. The number of hydrogen-bond acceptors (Lipinski definition) is 3. The summed E-state index contributed by atoms with van der Waals surface area (Å²) >= 11 is 12.1. The van der Waals surface area contributed by atoms with E-state index in [1.165, 1.54) is 7.11 Å². The van der Waals surface area contributed by atoms with Gasteiger partial charge in [0.2, 0.25) is 0 Å². The Balaban J connectivity index is 2.51. The molecule has 0 saturated carbocycles. The van der Waals surface area contributed by atoms with Crippen molar-refractivity contribution in [3.05, 3.63) is 57.8 Å². The van der Waals surface area contributed by atoms with Gasteiger partial charge in [-0.05, 0) is 24.3 Å². The van der Waals surface area contributed by atoms with Crippen molar-refractivity contribution in [2.75, 3.05) is 7.11 Å². The third-order valence-electron chi connectivity index (χ3n) is 2.55. The summed E-state index contributed by atoms with van der Waals surface area (Å²) in [5.74, 6) is 0.487. The lowest BCUT2D eigenvalue weighted by Crippen LogP contribution is -2.06. The lowest BCUT2D eigenvalue weighted by Gasteiger charge is -2.16. The topological polar surface area (TPSA) is 42.4 Å². The first kappa shape index (κ1) is 13.1. The van der Waals surface area contributed by atoms with Crippen LogP contribution in [-0.2, 0) is 0 Å². The number of aliphatic hydroxyl groups is 1. The molecule has 1 N–H and O–H groups in total. The van der Waals surface area contributed by atoms with Crippen LogP contribution in [0.25, 0.3) is 0 Å². The molecule has 0 radical (unpaired) electrons. The molecule has 3 nitrogen and oxygen atoms in total. The molecular formula is C13H11Cl2NO2. The highest BCUT2D eigenvalue weighted by atomic mass is 35.5. The highest BCUT2D eigenvalue weighted by Gasteiger charge is 2.21. The maximum absolute atomic E-state index is 10.4. The minimum atomic E-state index is -1.03. The van der Waals surface area contributed by atoms with Gasteiger partial charge in [0.05, 0.1) is 7.11 Å². The minimum Gasteiger partial charge on any atom is -0.495 e. The second-order valence-electron chi connectivity index (χ2n) is 3.63. The third kappa shape index (κ3) is 2.43. The fraction of sp³-hybridized carbons (Fsp3) is 0.154. The SMILES string of the molecule is COc1cccnc1C(O)c1c(Cl)cccc1Cl. The lowest BCUT2D eigenvalue weighted by molar-refractivity contribution is 0.209. The van der Waals surface area contributed by atoms with Crippen LogP contribution in [0.5, 0.6) is 5.75 Å². The number of benzene rings is 1. The Morgan fingerprint density at radius 1 is 1.17 bits per heavy atom. The van der Waals surface area contributed by atoms with Crippen LogP contribution in [0.4, 0.5) is 0 Å². The Morgan fingerprint density at radius 2 is 1.83 bits per heavy atom. The molecule has 5 heteroatoms. The van der Waals surface area contributed by atoms with Gasteiger partial charge in [-0.2, -0.15) is 0 Å². The van der Waals surface area contributed by atoms with Gasteiger partial charge in [0.15, 0.2) is 0 Å². The number of methoxy groups -OCH3 is 1. The molecule has 1 heterocycles. The summed E-state index contributed by atoms with van der Waals surface area (Å²) in [7, 11) is 1.52. The predicted octanol–water partition coefficient (Wildman–Crippen LogP) is 3.48. The molecule has 94 valence electrons. The van der Waals surface area contributed by atoms with E-state index >= 15 is 0 Å². The van der Waals surface area contributed by atoms with Crippen molar-refractivity contribution in [1.82, 2.24) is 4.98 Å². The van der Waals surface area contributed by atoms with Crippen molar-refractivity contribution in [3.8, 4) is 5.75 Å². The summed E-state index contributed by atoms with van der Waals surface area (Å²) in [6.07, 6.45) is 0.550. The normalized spacial score (nSPS) is 12.2. The second kappa shape index (κ2) is 5.57. The Bertz CT molecular complexity index is 540. The number of rotatable bonds is 3. The first-order valence-corrected chi connectivity index (χ1v) is 6.01. The molecule has 1 atom stereocenters. The summed E-state index contributed by atoms with van der Waals surface area (Å²) in [5.41, 5.74) is 0.813. The quantitative estimate of drug-likeness (QED) is 0.938. The average molecular weight is 284 g/mol. The molecular weight excluding hydrogens is 273 g/mol. The largest absolute Gasteiger partial charge is 0.495 e. The van der Waals surface area contributed by atoms with Crippen molar-refractivity contribution in [1.29, 1.82) is 0 Å². The number of aromatic nitrogens is 1. The van der Waals surface area contributed by atoms with E-state index < -0.39 is 6.10 Å². The van der Waals surface area contributed by atoms with Gasteiger partial charge in [-0.1, -0.05) is 29.3 Å². The molecule has 18 heavy (non-hydrogen) atoms. The molecule has 0 saturated heterocycles. The van der Waals surface area contributed by atoms with Gasteiger partial charge < -0.3 is 9.84 Å². The van der Waals surface area contributed by atoms with E-state index in [1.807, 2.05) is 0 Å². The Morgan fingerprint density at radius 3 is 2.44 bits per heavy atom. The summed E-state index contributed by atoms with van der Waals surface area (Å²) in [6, 6.07) is 8.50. The number of hydrogen-bond donors (Lipinski definition) is 1. The zero-order chi connectivity index (χ0) is 13.1. The fourth-order valence-corrected chi connectivity index (χ4v) is 2.29. The van der Waals surface area contributed by atoms with Gasteiger partial charge in [0, 0.05) is 21.8 Å². The van der Waals surface area contributed by atoms with E-state index in [2.05, 4.69) is 4.98 Å². The number of pyridine rings is 1. The van der Waals surface area contributed by atoms with Crippen molar-refractivity contribution < 1.29 is 9.84 Å². The van der Waals surface area contributed by atoms with E-state index in [0.717, 1.165) is 0 Å². The van der Waals surface area contributed by atoms with Crippen LogP contribution in [0.1, 0.15) is 17.4 Å². The number of nitrogens with zero attached hydrogens (tertiary/aromatic N) is 1. The molecule has 0 aliphatic carbocycles. The first-order chi connectivity index (χ1) is 8.65. The maximum Gasteiger partial charge on any atom is 0.143 e. The molecule has 0 aliphatic heterocycles. The monoisotopic (exact) mass is 283 g/mol. The molecule has 0 amide bonds. The number of halogens is 2. The number of aliphatic hydroxyl groups excluding tert-OH is 1. The maximum atomic E-state index is 10.4. The molecule has 2 rings (SSSR count). The predicted molar refractivity (Wildman–Crippen MR) is 71.3 cm³/mol. The van der Waals surface area contributed by atoms with Crippen LogP contribution in [0.2, 0.25) is 10.0 Å². The van der Waals surface area contributed by atoms with E-state index in [-0.39, 0.29) is 0 Å². The van der Waals surface area contributed by atoms with Gasteiger partial charge in [-0.3, -0.25) is 4.98 Å². The van der Waals surface area contributed by atoms with Crippen LogP contribution >= 0.6 is 23.2 Å². The molecule has 0 aliphatic rings. The van der Waals surface area contributed by atoms with E-state index in [0.29, 0.717) is 27.1 Å². The Labute approximate surface area is 115 Å². The van der Waals surface area contributed by atoms with E-state index in [1.54, 1.807) is 36.5 Å². The van der Waals surface area contributed by atoms with Gasteiger partial charge >= 0.3 is 0 Å². The summed E-state index contributed by atoms with van der Waals surface area (Å²) in [5, 5.41) is 11.1. The molecule has 0 bridgehead atoms. The molecule has 1 unspecified atom stereocenters. The third-order valence-corrected chi connectivity index (χ3v) is 3.21. The molecule has 0 spiro atoms. The smallest absolute Gasteiger partial charge is 0.143 e. The lowest BCUT2D eigenvalue weighted by atomic mass is 10.1. The zero-order valence-electron chi connectivity index (χ0n) is 9.60. The van der Waals surface area contributed by atoms with Gasteiger partial charge in [0.25, 0.3) is 0 Å². The molecule has 1 aromatic heterocycles. The second-order valence-corrected chi connectivity index (χ2v) is 4.44. The molecule has 1 aromatic carbocycles. The van der Waals surface area contributed by atoms with Gasteiger partial charge in [-0.25, -0.2) is 0 Å². The van der Waals surface area contributed by atoms with Gasteiger partial charge in [-0.15, -0.1) is 0 Å². The fourth-order valence-electron chi connectivity index (χ4n) is 1.69.